The quantitative estimate of drug-likeness (QED) is 0.442. The molecule has 136 valence electrons. The normalized spacial score (nSPS) is 29.2. The van der Waals surface area contributed by atoms with Gasteiger partial charge in [-0.3, -0.25) is 24.1 Å². The van der Waals surface area contributed by atoms with E-state index >= 15 is 0 Å². The molecule has 4 atom stereocenters. The van der Waals surface area contributed by atoms with Gasteiger partial charge in [-0.05, 0) is 31.1 Å². The molecule has 1 saturated heterocycles. The van der Waals surface area contributed by atoms with Crippen LogP contribution in [0.4, 0.5) is 0 Å². The Morgan fingerprint density at radius 1 is 1.00 bits per heavy atom. The molecule has 0 radical (unpaired) electrons. The molecule has 1 aromatic rings. The van der Waals surface area contributed by atoms with Gasteiger partial charge in [-0.25, -0.2) is 0 Å². The molecular formula is C20H21NO5. The molecule has 1 aliphatic heterocycles. The summed E-state index contributed by atoms with van der Waals surface area (Å²) in [4.78, 5) is 50.2. The number of esters is 1. The van der Waals surface area contributed by atoms with Crippen LogP contribution in [-0.2, 0) is 19.1 Å². The number of Topliss-reactive ketones (excluding diaryl/α,β-unsaturated/α-hetero) is 1. The number of hydrogen-bond acceptors (Lipinski definition) is 5. The molecule has 1 aromatic carbocycles. The van der Waals surface area contributed by atoms with Gasteiger partial charge in [-0.1, -0.05) is 30.3 Å². The number of amides is 2. The first kappa shape index (κ1) is 16.9. The summed E-state index contributed by atoms with van der Waals surface area (Å²) in [5.41, 5.74) is 0.480. The van der Waals surface area contributed by atoms with Crippen molar-refractivity contribution in [3.05, 3.63) is 35.9 Å². The molecule has 3 aliphatic rings. The van der Waals surface area contributed by atoms with E-state index in [2.05, 4.69) is 0 Å². The lowest BCUT2D eigenvalue weighted by Crippen LogP contribution is -2.35. The van der Waals surface area contributed by atoms with Crippen LogP contribution in [0.1, 0.15) is 36.0 Å². The van der Waals surface area contributed by atoms with Crippen LogP contribution in [0, 0.1) is 23.7 Å². The first-order valence-electron chi connectivity index (χ1n) is 9.15. The Hall–Kier alpha value is -2.50. The van der Waals surface area contributed by atoms with E-state index in [0.29, 0.717) is 17.4 Å². The smallest absolute Gasteiger partial charge is 0.308 e. The highest BCUT2D eigenvalue weighted by Gasteiger charge is 2.60. The Morgan fingerprint density at radius 2 is 1.62 bits per heavy atom. The maximum absolute atomic E-state index is 12.5. The number of rotatable bonds is 6. The molecule has 2 aliphatic carbocycles. The fourth-order valence-electron chi connectivity index (χ4n) is 4.82. The van der Waals surface area contributed by atoms with Gasteiger partial charge in [0.1, 0.15) is 0 Å². The lowest BCUT2D eigenvalue weighted by molar-refractivity contribution is -0.145. The molecule has 1 heterocycles. The highest BCUT2D eigenvalue weighted by molar-refractivity contribution is 6.06. The molecule has 0 unspecified atom stereocenters. The number of carbonyl (C=O) groups excluding carboxylic acids is 4. The number of carbonyl (C=O) groups is 4. The van der Waals surface area contributed by atoms with Crippen molar-refractivity contribution in [2.24, 2.45) is 23.7 Å². The Kier molecular flexibility index (Phi) is 4.34. The molecular weight excluding hydrogens is 334 g/mol. The van der Waals surface area contributed by atoms with Gasteiger partial charge in [0.05, 0.1) is 18.3 Å². The summed E-state index contributed by atoms with van der Waals surface area (Å²) < 4.78 is 5.00. The number of ketones is 1. The number of imide groups is 1. The van der Waals surface area contributed by atoms with Gasteiger partial charge >= 0.3 is 5.97 Å². The van der Waals surface area contributed by atoms with Gasteiger partial charge in [0.2, 0.25) is 11.8 Å². The second-order valence-electron chi connectivity index (χ2n) is 7.41. The van der Waals surface area contributed by atoms with Gasteiger partial charge in [0.25, 0.3) is 0 Å². The monoisotopic (exact) mass is 355 g/mol. The van der Waals surface area contributed by atoms with Crippen molar-refractivity contribution >= 4 is 23.6 Å². The largest absolute Gasteiger partial charge is 0.457 e. The Morgan fingerprint density at radius 3 is 2.23 bits per heavy atom. The van der Waals surface area contributed by atoms with Crippen LogP contribution >= 0.6 is 0 Å². The number of benzene rings is 1. The molecule has 0 spiro atoms. The minimum absolute atomic E-state index is 0.0441. The summed E-state index contributed by atoms with van der Waals surface area (Å²) in [5.74, 6) is -0.772. The van der Waals surface area contributed by atoms with E-state index in [1.807, 2.05) is 0 Å². The predicted molar refractivity (Wildman–Crippen MR) is 90.9 cm³/mol. The van der Waals surface area contributed by atoms with Crippen molar-refractivity contribution < 1.29 is 23.9 Å². The second kappa shape index (κ2) is 6.67. The zero-order valence-electron chi connectivity index (χ0n) is 14.4. The first-order chi connectivity index (χ1) is 12.6. The molecule has 2 bridgehead atoms. The summed E-state index contributed by atoms with van der Waals surface area (Å²) in [6.45, 7) is -0.289. The maximum Gasteiger partial charge on any atom is 0.308 e. The average molecular weight is 355 g/mol. The van der Waals surface area contributed by atoms with Crippen LogP contribution in [0.15, 0.2) is 30.3 Å². The molecule has 26 heavy (non-hydrogen) atoms. The maximum atomic E-state index is 12.5. The third-order valence-corrected chi connectivity index (χ3v) is 6.02. The molecule has 3 fully saturated rings. The zero-order chi connectivity index (χ0) is 18.3. The average Bonchev–Trinajstić information content (AvgIpc) is 3.33. The minimum atomic E-state index is -0.574. The lowest BCUT2D eigenvalue weighted by atomic mass is 9.81. The number of ether oxygens (including phenoxy) is 1. The van der Waals surface area contributed by atoms with Gasteiger partial charge in [-0.2, -0.15) is 0 Å². The van der Waals surface area contributed by atoms with Crippen LogP contribution in [0.2, 0.25) is 0 Å². The van der Waals surface area contributed by atoms with E-state index in [1.165, 1.54) is 4.90 Å². The fourth-order valence-corrected chi connectivity index (χ4v) is 4.82. The SMILES string of the molecule is O=C(CCN1C(=O)[C@H]2[C@@H]3CC[C@@H](C3)[C@@H]2C1=O)OCC(=O)c1ccccc1. The Bertz CT molecular complexity index is 731. The Labute approximate surface area is 151 Å². The minimum Gasteiger partial charge on any atom is -0.457 e. The summed E-state index contributed by atoms with van der Waals surface area (Å²) >= 11 is 0. The predicted octanol–water partition coefficient (Wildman–Crippen LogP) is 1.83. The molecule has 2 saturated carbocycles. The summed E-state index contributed by atoms with van der Waals surface area (Å²) in [7, 11) is 0. The fraction of sp³-hybridized carbons (Fsp3) is 0.500. The van der Waals surface area contributed by atoms with Gasteiger partial charge in [0, 0.05) is 12.1 Å². The van der Waals surface area contributed by atoms with Crippen molar-refractivity contribution in [1.82, 2.24) is 4.90 Å². The van der Waals surface area contributed by atoms with Gasteiger partial charge in [0.15, 0.2) is 12.4 Å². The van der Waals surface area contributed by atoms with E-state index in [4.69, 9.17) is 4.74 Å². The first-order valence-corrected chi connectivity index (χ1v) is 9.15. The lowest BCUT2D eigenvalue weighted by Gasteiger charge is -2.19. The van der Waals surface area contributed by atoms with Crippen molar-refractivity contribution in [3.8, 4) is 0 Å². The van der Waals surface area contributed by atoms with Gasteiger partial charge < -0.3 is 4.74 Å². The van der Waals surface area contributed by atoms with Crippen LogP contribution in [0.3, 0.4) is 0 Å². The third kappa shape index (κ3) is 2.83. The van der Waals surface area contributed by atoms with E-state index in [9.17, 15) is 19.2 Å². The van der Waals surface area contributed by atoms with Crippen molar-refractivity contribution in [3.63, 3.8) is 0 Å². The van der Waals surface area contributed by atoms with Crippen LogP contribution < -0.4 is 0 Å². The molecule has 0 aromatic heterocycles. The second-order valence-corrected chi connectivity index (χ2v) is 7.41. The molecule has 2 amide bonds. The van der Waals surface area contributed by atoms with Gasteiger partial charge in [-0.15, -0.1) is 0 Å². The zero-order valence-corrected chi connectivity index (χ0v) is 14.4. The topological polar surface area (TPSA) is 80.8 Å². The standard InChI is InChI=1S/C20H21NO5/c22-15(12-4-2-1-3-5-12)11-26-16(23)8-9-21-19(24)17-13-6-7-14(10-13)18(17)20(21)25/h1-5,13-14,17-18H,6-11H2/t13-,14+,17-,18-/m0/s1. The summed E-state index contributed by atoms with van der Waals surface area (Å²) in [6.07, 6.45) is 2.98. The molecule has 6 heteroatoms. The molecule has 6 nitrogen and oxygen atoms in total. The number of fused-ring (bicyclic) bond motifs is 5. The number of nitrogens with zero attached hydrogens (tertiary/aromatic N) is 1. The van der Waals surface area contributed by atoms with Crippen LogP contribution in [0.5, 0.6) is 0 Å². The Balaban J connectivity index is 1.28. The van der Waals surface area contributed by atoms with E-state index in [0.717, 1.165) is 19.3 Å². The van der Waals surface area contributed by atoms with E-state index in [1.54, 1.807) is 30.3 Å². The summed E-state index contributed by atoms with van der Waals surface area (Å²) in [5, 5.41) is 0. The van der Waals surface area contributed by atoms with E-state index < -0.39 is 5.97 Å². The van der Waals surface area contributed by atoms with Crippen LogP contribution in [-0.4, -0.2) is 41.6 Å². The number of hydrogen-bond donors (Lipinski definition) is 0. The van der Waals surface area contributed by atoms with Crippen molar-refractivity contribution in [2.45, 2.75) is 25.7 Å². The van der Waals surface area contributed by atoms with Crippen LogP contribution in [0.25, 0.3) is 0 Å². The number of likely N-dealkylation sites (tertiary alicyclic amines) is 1. The highest BCUT2D eigenvalue weighted by Crippen LogP contribution is 2.56. The van der Waals surface area contributed by atoms with Crippen molar-refractivity contribution in [1.29, 1.82) is 0 Å². The molecule has 0 N–H and O–H groups in total. The third-order valence-electron chi connectivity index (χ3n) is 6.02. The summed E-state index contributed by atoms with van der Waals surface area (Å²) in [6, 6.07) is 8.59. The van der Waals surface area contributed by atoms with Crippen molar-refractivity contribution in [2.75, 3.05) is 13.2 Å². The highest BCUT2D eigenvalue weighted by atomic mass is 16.5. The molecule has 4 rings (SSSR count). The van der Waals surface area contributed by atoms with E-state index in [-0.39, 0.29) is 49.0 Å².